The van der Waals surface area contributed by atoms with Gasteiger partial charge in [0.15, 0.2) is 0 Å². The first-order chi connectivity index (χ1) is 9.78. The third-order valence-corrected chi connectivity index (χ3v) is 3.66. The van der Waals surface area contributed by atoms with Crippen LogP contribution >= 0.6 is 11.6 Å². The zero-order valence-corrected chi connectivity index (χ0v) is 13.7. The first kappa shape index (κ1) is 15.9. The number of aromatic nitrogens is 1. The van der Waals surface area contributed by atoms with Gasteiger partial charge in [-0.05, 0) is 33.8 Å². The van der Waals surface area contributed by atoms with Crippen LogP contribution in [0, 0.1) is 0 Å². The molecule has 1 aliphatic rings. The zero-order chi connectivity index (χ0) is 15.6. The third kappa shape index (κ3) is 4.00. The van der Waals surface area contributed by atoms with E-state index in [1.54, 1.807) is 23.4 Å². The van der Waals surface area contributed by atoms with Gasteiger partial charge in [0.25, 0.3) is 0 Å². The lowest BCUT2D eigenvalue weighted by Crippen LogP contribution is -2.55. The summed E-state index contributed by atoms with van der Waals surface area (Å²) in [5.41, 5.74) is 0.440. The average Bonchev–Trinajstić information content (AvgIpc) is 2.37. The zero-order valence-electron chi connectivity index (χ0n) is 13.0. The van der Waals surface area contributed by atoms with E-state index < -0.39 is 5.60 Å². The SMILES string of the molecule is CC1CN(c2cnccc2Cl)CCN1C(=O)OC(C)(C)C. The Bertz CT molecular complexity index is 516. The van der Waals surface area contributed by atoms with Crippen molar-refractivity contribution in [3.8, 4) is 0 Å². The second kappa shape index (κ2) is 6.10. The molecule has 0 N–H and O–H groups in total. The quantitative estimate of drug-likeness (QED) is 0.799. The summed E-state index contributed by atoms with van der Waals surface area (Å²) in [7, 11) is 0. The predicted molar refractivity (Wildman–Crippen MR) is 83.9 cm³/mol. The molecular formula is C15H22ClN3O2. The molecular weight excluding hydrogens is 290 g/mol. The van der Waals surface area contributed by atoms with Crippen LogP contribution in [0.4, 0.5) is 10.5 Å². The van der Waals surface area contributed by atoms with Gasteiger partial charge in [0.05, 0.1) is 16.9 Å². The highest BCUT2D eigenvalue weighted by Crippen LogP contribution is 2.26. The molecule has 1 saturated heterocycles. The summed E-state index contributed by atoms with van der Waals surface area (Å²) >= 11 is 6.20. The second-order valence-corrected chi connectivity index (χ2v) is 6.70. The van der Waals surface area contributed by atoms with Crippen molar-refractivity contribution in [3.63, 3.8) is 0 Å². The van der Waals surface area contributed by atoms with Crippen molar-refractivity contribution in [1.82, 2.24) is 9.88 Å². The highest BCUT2D eigenvalue weighted by Gasteiger charge is 2.31. The van der Waals surface area contributed by atoms with Gasteiger partial charge in [0, 0.05) is 31.9 Å². The second-order valence-electron chi connectivity index (χ2n) is 6.30. The van der Waals surface area contributed by atoms with E-state index in [2.05, 4.69) is 9.88 Å². The molecule has 0 aromatic carbocycles. The topological polar surface area (TPSA) is 45.7 Å². The molecule has 0 bridgehead atoms. The lowest BCUT2D eigenvalue weighted by Gasteiger charge is -2.41. The van der Waals surface area contributed by atoms with E-state index in [1.165, 1.54) is 0 Å². The van der Waals surface area contributed by atoms with Gasteiger partial charge in [-0.2, -0.15) is 0 Å². The minimum absolute atomic E-state index is 0.0601. The number of halogens is 1. The van der Waals surface area contributed by atoms with E-state index in [-0.39, 0.29) is 12.1 Å². The number of nitrogens with zero attached hydrogens (tertiary/aromatic N) is 3. The lowest BCUT2D eigenvalue weighted by molar-refractivity contribution is 0.0159. The molecule has 1 amide bonds. The van der Waals surface area contributed by atoms with E-state index >= 15 is 0 Å². The molecule has 2 heterocycles. The van der Waals surface area contributed by atoms with Crippen molar-refractivity contribution >= 4 is 23.4 Å². The van der Waals surface area contributed by atoms with Crippen LogP contribution < -0.4 is 4.90 Å². The van der Waals surface area contributed by atoms with Crippen LogP contribution in [-0.2, 0) is 4.74 Å². The van der Waals surface area contributed by atoms with E-state index in [1.807, 2.05) is 27.7 Å². The number of rotatable bonds is 1. The van der Waals surface area contributed by atoms with Crippen LogP contribution in [0.5, 0.6) is 0 Å². The number of ether oxygens (including phenoxy) is 1. The molecule has 0 radical (unpaired) electrons. The fourth-order valence-electron chi connectivity index (χ4n) is 2.37. The maximum atomic E-state index is 12.2. The van der Waals surface area contributed by atoms with Gasteiger partial charge in [-0.3, -0.25) is 4.98 Å². The molecule has 5 nitrogen and oxygen atoms in total. The molecule has 1 aliphatic heterocycles. The number of carbonyl (C=O) groups excluding carboxylic acids is 1. The smallest absolute Gasteiger partial charge is 0.410 e. The standard InChI is InChI=1S/C15H22ClN3O2/c1-11-10-18(13-9-17-6-5-12(13)16)7-8-19(11)14(20)21-15(2,3)4/h5-6,9,11H,7-8,10H2,1-4H3. The largest absolute Gasteiger partial charge is 0.444 e. The van der Waals surface area contributed by atoms with E-state index in [0.717, 1.165) is 12.2 Å². The summed E-state index contributed by atoms with van der Waals surface area (Å²) in [6, 6.07) is 1.84. The third-order valence-electron chi connectivity index (χ3n) is 3.34. The maximum absolute atomic E-state index is 12.2. The number of hydrogen-bond donors (Lipinski definition) is 0. The highest BCUT2D eigenvalue weighted by molar-refractivity contribution is 6.33. The normalized spacial score (nSPS) is 19.6. The Labute approximate surface area is 130 Å². The number of hydrogen-bond acceptors (Lipinski definition) is 4. The Morgan fingerprint density at radius 1 is 1.43 bits per heavy atom. The van der Waals surface area contributed by atoms with Crippen molar-refractivity contribution < 1.29 is 9.53 Å². The molecule has 1 aromatic rings. The predicted octanol–water partition coefficient (Wildman–Crippen LogP) is 3.18. The Morgan fingerprint density at radius 2 is 2.14 bits per heavy atom. The van der Waals surface area contributed by atoms with Gasteiger partial charge in [0.2, 0.25) is 0 Å². The van der Waals surface area contributed by atoms with Crippen molar-refractivity contribution in [1.29, 1.82) is 0 Å². The summed E-state index contributed by atoms with van der Waals surface area (Å²) in [6.07, 6.45) is 3.18. The van der Waals surface area contributed by atoms with Crippen molar-refractivity contribution in [3.05, 3.63) is 23.5 Å². The molecule has 6 heteroatoms. The van der Waals surface area contributed by atoms with Crippen LogP contribution in [0.15, 0.2) is 18.5 Å². The summed E-state index contributed by atoms with van der Waals surface area (Å²) in [5, 5.41) is 0.683. The van der Waals surface area contributed by atoms with Crippen LogP contribution in [0.25, 0.3) is 0 Å². The minimum Gasteiger partial charge on any atom is -0.444 e. The van der Waals surface area contributed by atoms with Gasteiger partial charge < -0.3 is 14.5 Å². The fraction of sp³-hybridized carbons (Fsp3) is 0.600. The van der Waals surface area contributed by atoms with Crippen LogP contribution in [-0.4, -0.2) is 47.3 Å². The molecule has 21 heavy (non-hydrogen) atoms. The molecule has 1 unspecified atom stereocenters. The number of piperazine rings is 1. The van der Waals surface area contributed by atoms with Crippen LogP contribution in [0.3, 0.4) is 0 Å². The Kier molecular flexibility index (Phi) is 4.61. The van der Waals surface area contributed by atoms with Crippen molar-refractivity contribution in [2.45, 2.75) is 39.3 Å². The van der Waals surface area contributed by atoms with Crippen LogP contribution in [0.2, 0.25) is 5.02 Å². The molecule has 1 fully saturated rings. The molecule has 1 atom stereocenters. The summed E-state index contributed by atoms with van der Waals surface area (Å²) in [6.45, 7) is 9.69. The minimum atomic E-state index is -0.472. The van der Waals surface area contributed by atoms with Gasteiger partial charge in [-0.1, -0.05) is 11.6 Å². The Hall–Kier alpha value is -1.49. The van der Waals surface area contributed by atoms with Gasteiger partial charge in [-0.15, -0.1) is 0 Å². The number of carbonyl (C=O) groups is 1. The van der Waals surface area contributed by atoms with Gasteiger partial charge in [-0.25, -0.2) is 4.79 Å². The number of amides is 1. The van der Waals surface area contributed by atoms with E-state index in [4.69, 9.17) is 16.3 Å². The number of pyridine rings is 1. The maximum Gasteiger partial charge on any atom is 0.410 e. The first-order valence-corrected chi connectivity index (χ1v) is 7.50. The molecule has 0 aliphatic carbocycles. The molecule has 0 spiro atoms. The van der Waals surface area contributed by atoms with Crippen LogP contribution in [0.1, 0.15) is 27.7 Å². The average molecular weight is 312 g/mol. The highest BCUT2D eigenvalue weighted by atomic mass is 35.5. The van der Waals surface area contributed by atoms with Gasteiger partial charge >= 0.3 is 6.09 Å². The monoisotopic (exact) mass is 311 g/mol. The fourth-order valence-corrected chi connectivity index (χ4v) is 2.59. The number of anilines is 1. The summed E-state index contributed by atoms with van der Waals surface area (Å²) < 4.78 is 5.44. The van der Waals surface area contributed by atoms with Gasteiger partial charge in [0.1, 0.15) is 5.60 Å². The van der Waals surface area contributed by atoms with Crippen molar-refractivity contribution in [2.75, 3.05) is 24.5 Å². The Morgan fingerprint density at radius 3 is 2.71 bits per heavy atom. The Balaban J connectivity index is 2.03. The molecule has 1 aromatic heterocycles. The summed E-state index contributed by atoms with van der Waals surface area (Å²) in [4.78, 5) is 20.2. The molecule has 0 saturated carbocycles. The molecule has 116 valence electrons. The van der Waals surface area contributed by atoms with E-state index in [9.17, 15) is 4.79 Å². The summed E-state index contributed by atoms with van der Waals surface area (Å²) in [5.74, 6) is 0. The lowest BCUT2D eigenvalue weighted by atomic mass is 10.1. The molecule has 2 rings (SSSR count). The van der Waals surface area contributed by atoms with E-state index in [0.29, 0.717) is 18.1 Å². The van der Waals surface area contributed by atoms with Crippen molar-refractivity contribution in [2.24, 2.45) is 0 Å². The first-order valence-electron chi connectivity index (χ1n) is 7.12.